The van der Waals surface area contributed by atoms with Crippen molar-refractivity contribution in [1.82, 2.24) is 0 Å². The van der Waals surface area contributed by atoms with Crippen molar-refractivity contribution in [2.24, 2.45) is 0 Å². The molecule has 0 aliphatic carbocycles. The minimum absolute atomic E-state index is 0.179. The van der Waals surface area contributed by atoms with Gasteiger partial charge >= 0.3 is 0 Å². The molecule has 4 nitrogen and oxygen atoms in total. The predicted octanol–water partition coefficient (Wildman–Crippen LogP) is 4.76. The topological polar surface area (TPSA) is 38.8 Å². The van der Waals surface area contributed by atoms with Gasteiger partial charge in [-0.25, -0.2) is 0 Å². The van der Waals surface area contributed by atoms with E-state index in [4.69, 9.17) is 33.3 Å². The standard InChI is InChI=1S/C18H14ClNO3S2/c1-22-14-7-8-15(23-2)11(9-14)10-16-17(21)20(18(24)25-16)13-5-3-12(19)4-6-13/h3-10H,1-2H3/b16-10+. The van der Waals surface area contributed by atoms with Crippen molar-refractivity contribution in [3.63, 3.8) is 0 Å². The number of thioether (sulfide) groups is 1. The summed E-state index contributed by atoms with van der Waals surface area (Å²) < 4.78 is 11.1. The molecule has 0 bridgehead atoms. The first kappa shape index (κ1) is 17.8. The smallest absolute Gasteiger partial charge is 0.270 e. The van der Waals surface area contributed by atoms with Crippen LogP contribution in [0.1, 0.15) is 5.56 Å². The molecule has 3 rings (SSSR count). The van der Waals surface area contributed by atoms with Crippen molar-refractivity contribution in [2.75, 3.05) is 19.1 Å². The average molecular weight is 392 g/mol. The second-order valence-corrected chi connectivity index (χ2v) is 7.21. The molecule has 0 N–H and O–H groups in total. The van der Waals surface area contributed by atoms with E-state index in [1.165, 1.54) is 16.7 Å². The third-order valence-corrected chi connectivity index (χ3v) is 5.16. The van der Waals surface area contributed by atoms with E-state index in [0.29, 0.717) is 31.4 Å². The lowest BCUT2D eigenvalue weighted by atomic mass is 10.1. The number of ether oxygens (including phenoxy) is 2. The molecule has 1 amide bonds. The molecule has 25 heavy (non-hydrogen) atoms. The zero-order valence-corrected chi connectivity index (χ0v) is 15.9. The highest BCUT2D eigenvalue weighted by atomic mass is 35.5. The molecule has 0 saturated carbocycles. The zero-order chi connectivity index (χ0) is 18.0. The van der Waals surface area contributed by atoms with E-state index in [1.807, 2.05) is 6.07 Å². The fourth-order valence-electron chi connectivity index (χ4n) is 2.37. The summed E-state index contributed by atoms with van der Waals surface area (Å²) in [7, 11) is 3.17. The second kappa shape index (κ2) is 7.47. The van der Waals surface area contributed by atoms with Crippen molar-refractivity contribution >= 4 is 57.6 Å². The summed E-state index contributed by atoms with van der Waals surface area (Å²) in [6.07, 6.45) is 1.76. The molecule has 0 atom stereocenters. The molecule has 0 aromatic heterocycles. The third-order valence-electron chi connectivity index (χ3n) is 3.60. The average Bonchev–Trinajstić information content (AvgIpc) is 2.89. The van der Waals surface area contributed by atoms with Crippen LogP contribution in [0.3, 0.4) is 0 Å². The summed E-state index contributed by atoms with van der Waals surface area (Å²) >= 11 is 12.5. The van der Waals surface area contributed by atoms with Crippen LogP contribution < -0.4 is 14.4 Å². The van der Waals surface area contributed by atoms with Crippen LogP contribution in [0, 0.1) is 0 Å². The number of methoxy groups -OCH3 is 2. The lowest BCUT2D eigenvalue weighted by molar-refractivity contribution is -0.113. The second-order valence-electron chi connectivity index (χ2n) is 5.10. The van der Waals surface area contributed by atoms with E-state index in [2.05, 4.69) is 0 Å². The summed E-state index contributed by atoms with van der Waals surface area (Å²) in [6.45, 7) is 0. The highest BCUT2D eigenvalue weighted by molar-refractivity contribution is 8.27. The Labute approximate surface area is 160 Å². The van der Waals surface area contributed by atoms with Gasteiger partial charge in [-0.1, -0.05) is 35.6 Å². The summed E-state index contributed by atoms with van der Waals surface area (Å²) in [4.78, 5) is 14.8. The third kappa shape index (κ3) is 3.66. The van der Waals surface area contributed by atoms with Crippen molar-refractivity contribution in [1.29, 1.82) is 0 Å². The Balaban J connectivity index is 1.97. The number of carbonyl (C=O) groups excluding carboxylic acids is 1. The van der Waals surface area contributed by atoms with Gasteiger partial charge in [-0.15, -0.1) is 0 Å². The number of rotatable bonds is 4. The van der Waals surface area contributed by atoms with Gasteiger partial charge in [-0.05, 0) is 48.5 Å². The summed E-state index contributed by atoms with van der Waals surface area (Å²) in [5, 5.41) is 0.603. The van der Waals surface area contributed by atoms with Crippen LogP contribution in [-0.2, 0) is 4.79 Å². The molecule has 1 aliphatic heterocycles. The van der Waals surface area contributed by atoms with E-state index in [1.54, 1.807) is 56.7 Å². The Hall–Kier alpha value is -2.02. The molecule has 0 radical (unpaired) electrons. The molecule has 2 aromatic rings. The molecular weight excluding hydrogens is 378 g/mol. The number of thiocarbonyl (C=S) groups is 1. The van der Waals surface area contributed by atoms with E-state index in [9.17, 15) is 4.79 Å². The van der Waals surface area contributed by atoms with E-state index < -0.39 is 0 Å². The monoisotopic (exact) mass is 391 g/mol. The van der Waals surface area contributed by atoms with Gasteiger partial charge in [0, 0.05) is 10.6 Å². The van der Waals surface area contributed by atoms with Crippen LogP contribution in [-0.4, -0.2) is 24.4 Å². The summed E-state index contributed by atoms with van der Waals surface area (Å²) in [5.74, 6) is 1.15. The van der Waals surface area contributed by atoms with Crippen molar-refractivity contribution < 1.29 is 14.3 Å². The Morgan fingerprint density at radius 3 is 2.48 bits per heavy atom. The van der Waals surface area contributed by atoms with Crippen LogP contribution in [0.15, 0.2) is 47.4 Å². The van der Waals surface area contributed by atoms with Crippen molar-refractivity contribution in [3.05, 3.63) is 58.0 Å². The largest absolute Gasteiger partial charge is 0.497 e. The highest BCUT2D eigenvalue weighted by Crippen LogP contribution is 2.38. The summed E-state index contributed by atoms with van der Waals surface area (Å²) in [5.41, 5.74) is 1.44. The number of benzene rings is 2. The molecule has 0 spiro atoms. The minimum atomic E-state index is -0.179. The molecule has 1 saturated heterocycles. The molecule has 2 aromatic carbocycles. The van der Waals surface area contributed by atoms with E-state index >= 15 is 0 Å². The summed E-state index contributed by atoms with van der Waals surface area (Å²) in [6, 6.07) is 12.4. The van der Waals surface area contributed by atoms with Crippen molar-refractivity contribution in [2.45, 2.75) is 0 Å². The Bertz CT molecular complexity index is 865. The predicted molar refractivity (Wildman–Crippen MR) is 107 cm³/mol. The van der Waals surface area contributed by atoms with E-state index in [0.717, 1.165) is 5.56 Å². The fraction of sp³-hybridized carbons (Fsp3) is 0.111. The quantitative estimate of drug-likeness (QED) is 0.554. The minimum Gasteiger partial charge on any atom is -0.497 e. The number of amides is 1. The molecule has 1 aliphatic rings. The van der Waals surface area contributed by atoms with Gasteiger partial charge < -0.3 is 9.47 Å². The number of carbonyl (C=O) groups is 1. The Morgan fingerprint density at radius 2 is 1.84 bits per heavy atom. The first-order valence-electron chi connectivity index (χ1n) is 7.29. The van der Waals surface area contributed by atoms with Gasteiger partial charge in [0.05, 0.1) is 24.8 Å². The number of hydrogen-bond donors (Lipinski definition) is 0. The van der Waals surface area contributed by atoms with Gasteiger partial charge in [0.1, 0.15) is 11.5 Å². The maximum absolute atomic E-state index is 12.8. The van der Waals surface area contributed by atoms with Gasteiger partial charge in [-0.2, -0.15) is 0 Å². The zero-order valence-electron chi connectivity index (χ0n) is 13.5. The lowest BCUT2D eigenvalue weighted by Crippen LogP contribution is -2.27. The normalized spacial score (nSPS) is 15.8. The molecule has 7 heteroatoms. The van der Waals surface area contributed by atoms with Crippen LogP contribution in [0.5, 0.6) is 11.5 Å². The van der Waals surface area contributed by atoms with Gasteiger partial charge in [0.2, 0.25) is 0 Å². The Kier molecular flexibility index (Phi) is 5.32. The lowest BCUT2D eigenvalue weighted by Gasteiger charge is -2.14. The highest BCUT2D eigenvalue weighted by Gasteiger charge is 2.33. The SMILES string of the molecule is COc1ccc(OC)c(/C=C2/SC(=S)N(c3ccc(Cl)cc3)C2=O)c1. The number of anilines is 1. The number of halogens is 1. The molecular formula is C18H14ClNO3S2. The maximum Gasteiger partial charge on any atom is 0.270 e. The fourth-order valence-corrected chi connectivity index (χ4v) is 3.79. The molecule has 128 valence electrons. The van der Waals surface area contributed by atoms with Crippen LogP contribution in [0.4, 0.5) is 5.69 Å². The molecule has 1 fully saturated rings. The first-order valence-corrected chi connectivity index (χ1v) is 8.89. The number of nitrogens with zero attached hydrogens (tertiary/aromatic N) is 1. The van der Waals surface area contributed by atoms with Crippen molar-refractivity contribution in [3.8, 4) is 11.5 Å². The maximum atomic E-state index is 12.8. The molecule has 1 heterocycles. The van der Waals surface area contributed by atoms with Gasteiger partial charge in [-0.3, -0.25) is 9.69 Å². The Morgan fingerprint density at radius 1 is 1.12 bits per heavy atom. The van der Waals surface area contributed by atoms with E-state index in [-0.39, 0.29) is 5.91 Å². The van der Waals surface area contributed by atoms with Gasteiger partial charge in [0.15, 0.2) is 4.32 Å². The first-order chi connectivity index (χ1) is 12.0. The number of hydrogen-bond acceptors (Lipinski definition) is 5. The van der Waals surface area contributed by atoms with Crippen LogP contribution in [0.2, 0.25) is 5.02 Å². The van der Waals surface area contributed by atoms with Crippen LogP contribution >= 0.6 is 35.6 Å². The molecule has 0 unspecified atom stereocenters. The van der Waals surface area contributed by atoms with Crippen LogP contribution in [0.25, 0.3) is 6.08 Å². The van der Waals surface area contributed by atoms with Gasteiger partial charge in [0.25, 0.3) is 5.91 Å².